The molecule has 4 saturated carbocycles. The number of nitrogens with zero attached hydrogens (tertiary/aromatic N) is 2. The van der Waals surface area contributed by atoms with Crippen LogP contribution >= 0.6 is 0 Å². The second-order valence-corrected chi connectivity index (χ2v) is 11.3. The summed E-state index contributed by atoms with van der Waals surface area (Å²) in [5, 5.41) is 9.56. The van der Waals surface area contributed by atoms with Gasteiger partial charge in [0.15, 0.2) is 0 Å². The van der Waals surface area contributed by atoms with Gasteiger partial charge in [0, 0.05) is 18.9 Å². The molecule has 0 radical (unpaired) electrons. The highest BCUT2D eigenvalue weighted by atomic mass is 16.6. The molecule has 1 aliphatic heterocycles. The van der Waals surface area contributed by atoms with Gasteiger partial charge in [-0.1, -0.05) is 20.8 Å². The van der Waals surface area contributed by atoms with Gasteiger partial charge in [-0.3, -0.25) is 9.59 Å². The first-order valence-corrected chi connectivity index (χ1v) is 12.1. The van der Waals surface area contributed by atoms with Gasteiger partial charge in [-0.15, -0.1) is 0 Å². The zero-order valence-electron chi connectivity index (χ0n) is 20.0. The van der Waals surface area contributed by atoms with E-state index in [1.807, 2.05) is 18.7 Å². The summed E-state index contributed by atoms with van der Waals surface area (Å²) in [4.78, 5) is 27.8. The molecule has 4 unspecified atom stereocenters. The summed E-state index contributed by atoms with van der Waals surface area (Å²) < 4.78 is 6.16. The summed E-state index contributed by atoms with van der Waals surface area (Å²) >= 11 is 0. The third kappa shape index (κ3) is 4.77. The number of hydrogen-bond donors (Lipinski definition) is 1. The number of esters is 1. The van der Waals surface area contributed by atoms with Gasteiger partial charge in [-0.05, 0) is 88.0 Å². The van der Waals surface area contributed by atoms with E-state index in [0.717, 1.165) is 38.5 Å². The Bertz CT molecular complexity index is 714. The Balaban J connectivity index is 0.00000132. The summed E-state index contributed by atoms with van der Waals surface area (Å²) in [7, 11) is 1.50. The van der Waals surface area contributed by atoms with E-state index in [1.54, 1.807) is 0 Å². The summed E-state index contributed by atoms with van der Waals surface area (Å²) in [6, 6.07) is 2.18. The maximum atomic E-state index is 13.4. The molecule has 1 saturated heterocycles. The molecule has 5 aliphatic rings. The average Bonchev–Trinajstić information content (AvgIpc) is 2.94. The Morgan fingerprint density at radius 3 is 2.29 bits per heavy atom. The molecule has 1 heterocycles. The van der Waals surface area contributed by atoms with E-state index in [2.05, 4.69) is 25.7 Å². The second-order valence-electron chi connectivity index (χ2n) is 11.3. The topological polar surface area (TPSA) is 96.4 Å². The van der Waals surface area contributed by atoms with Crippen LogP contribution in [0.2, 0.25) is 0 Å². The van der Waals surface area contributed by atoms with Crippen LogP contribution in [0.25, 0.3) is 0 Å². The zero-order valence-corrected chi connectivity index (χ0v) is 20.0. The molecule has 1 amide bonds. The lowest BCUT2D eigenvalue weighted by Crippen LogP contribution is -2.58. The van der Waals surface area contributed by atoms with Crippen LogP contribution in [0.5, 0.6) is 0 Å². The van der Waals surface area contributed by atoms with Gasteiger partial charge >= 0.3 is 5.97 Å². The predicted octanol–water partition coefficient (Wildman–Crippen LogP) is 4.03. The van der Waals surface area contributed by atoms with Crippen LogP contribution in [0.3, 0.4) is 0 Å². The average molecular weight is 432 g/mol. The number of carbonyl (C=O) groups is 2. The number of nitrogens with two attached hydrogens (primary N) is 1. The van der Waals surface area contributed by atoms with Crippen LogP contribution in [-0.2, 0) is 14.3 Å². The van der Waals surface area contributed by atoms with Crippen molar-refractivity contribution in [3.8, 4) is 6.07 Å². The largest absolute Gasteiger partial charge is 0.459 e. The zero-order chi connectivity index (χ0) is 23.0. The van der Waals surface area contributed by atoms with Crippen LogP contribution in [0.4, 0.5) is 0 Å². The number of carbonyl (C=O) groups excluding carboxylic acids is 2. The van der Waals surface area contributed by atoms with Crippen molar-refractivity contribution < 1.29 is 14.3 Å². The van der Waals surface area contributed by atoms with Crippen LogP contribution in [0, 0.1) is 40.4 Å². The third-order valence-electron chi connectivity index (χ3n) is 8.19. The Morgan fingerprint density at radius 1 is 1.13 bits per heavy atom. The van der Waals surface area contributed by atoms with Crippen molar-refractivity contribution in [2.75, 3.05) is 7.05 Å². The highest BCUT2D eigenvalue weighted by molar-refractivity contribution is 5.78. The van der Waals surface area contributed by atoms with E-state index in [1.165, 1.54) is 13.5 Å². The van der Waals surface area contributed by atoms with Gasteiger partial charge in [0.05, 0.1) is 6.07 Å². The van der Waals surface area contributed by atoms with E-state index >= 15 is 0 Å². The quantitative estimate of drug-likeness (QED) is 0.663. The van der Waals surface area contributed by atoms with E-state index in [0.29, 0.717) is 36.5 Å². The number of hydrogen-bond acceptors (Lipinski definition) is 5. The first kappa shape index (κ1) is 24.0. The maximum absolute atomic E-state index is 13.4. The molecule has 4 aliphatic carbocycles. The minimum Gasteiger partial charge on any atom is -0.459 e. The molecule has 0 aromatic rings. The summed E-state index contributed by atoms with van der Waals surface area (Å²) in [6.07, 6.45) is 7.91. The van der Waals surface area contributed by atoms with Gasteiger partial charge in [0.25, 0.3) is 0 Å². The molecule has 5 rings (SSSR count). The molecule has 4 bridgehead atoms. The SMILES string of the molecule is CC(C)CC(=O)OC12CC3CC(CC(CC(=O)N4C(C#N)CC(C)[C@@H]4C)(C3)C1)C2.CN. The highest BCUT2D eigenvalue weighted by Gasteiger charge is 2.60. The molecule has 0 spiro atoms. The first-order chi connectivity index (χ1) is 14.6. The minimum absolute atomic E-state index is 0.0508. The smallest absolute Gasteiger partial charge is 0.306 e. The summed E-state index contributed by atoms with van der Waals surface area (Å²) in [6.45, 7) is 8.31. The van der Waals surface area contributed by atoms with Crippen molar-refractivity contribution in [1.82, 2.24) is 4.90 Å². The minimum atomic E-state index is -0.352. The van der Waals surface area contributed by atoms with Crippen LogP contribution < -0.4 is 5.73 Å². The van der Waals surface area contributed by atoms with Crippen molar-refractivity contribution in [3.63, 3.8) is 0 Å². The molecule has 6 heteroatoms. The summed E-state index contributed by atoms with van der Waals surface area (Å²) in [5.41, 5.74) is 4.10. The van der Waals surface area contributed by atoms with Gasteiger partial charge in [0.1, 0.15) is 11.6 Å². The monoisotopic (exact) mass is 431 g/mol. The molecule has 6 nitrogen and oxygen atoms in total. The van der Waals surface area contributed by atoms with Crippen molar-refractivity contribution in [2.24, 2.45) is 34.8 Å². The lowest BCUT2D eigenvalue weighted by molar-refractivity contribution is -0.204. The fourth-order valence-electron chi connectivity index (χ4n) is 7.46. The van der Waals surface area contributed by atoms with Crippen molar-refractivity contribution >= 4 is 11.9 Å². The van der Waals surface area contributed by atoms with Crippen molar-refractivity contribution in [2.45, 2.75) is 103 Å². The predicted molar refractivity (Wildman–Crippen MR) is 120 cm³/mol. The van der Waals surface area contributed by atoms with E-state index in [4.69, 9.17) is 4.74 Å². The van der Waals surface area contributed by atoms with E-state index in [9.17, 15) is 14.9 Å². The molecule has 5 fully saturated rings. The molecular weight excluding hydrogens is 390 g/mol. The Labute approximate surface area is 187 Å². The number of likely N-dealkylation sites (tertiary alicyclic amines) is 1. The molecule has 174 valence electrons. The van der Waals surface area contributed by atoms with Crippen molar-refractivity contribution in [3.05, 3.63) is 0 Å². The summed E-state index contributed by atoms with van der Waals surface area (Å²) in [5.74, 6) is 1.86. The molecule has 31 heavy (non-hydrogen) atoms. The Kier molecular flexibility index (Phi) is 7.05. The molecule has 0 aromatic heterocycles. The Hall–Kier alpha value is -1.61. The first-order valence-electron chi connectivity index (χ1n) is 12.1. The molecule has 0 aromatic carbocycles. The van der Waals surface area contributed by atoms with Crippen LogP contribution in [0.1, 0.15) is 85.5 Å². The lowest BCUT2D eigenvalue weighted by atomic mass is 9.47. The number of amides is 1. The van der Waals surface area contributed by atoms with Gasteiger partial charge in [0.2, 0.25) is 5.91 Å². The third-order valence-corrected chi connectivity index (χ3v) is 8.19. The molecule has 2 N–H and O–H groups in total. The fourth-order valence-corrected chi connectivity index (χ4v) is 7.46. The standard InChI is InChI=1S/C24H36N2O3.CH5N/c1-15(2)5-22(28)29-24-10-18-7-19(11-24)9-23(8-18,14-24)12-21(27)26-17(4)16(3)6-20(26)13-25;1-2/h15-20H,5-12,14H2,1-4H3;2H2,1H3/t16?,17-,18?,19?,20?,23?,24?;/m0./s1. The van der Waals surface area contributed by atoms with E-state index in [-0.39, 0.29) is 35.0 Å². The van der Waals surface area contributed by atoms with E-state index < -0.39 is 0 Å². The maximum Gasteiger partial charge on any atom is 0.306 e. The number of rotatable bonds is 5. The van der Waals surface area contributed by atoms with Crippen molar-refractivity contribution in [1.29, 1.82) is 5.26 Å². The Morgan fingerprint density at radius 2 is 1.74 bits per heavy atom. The second kappa shape index (κ2) is 9.10. The van der Waals surface area contributed by atoms with Gasteiger partial charge in [-0.2, -0.15) is 5.26 Å². The normalized spacial score (nSPS) is 40.3. The fraction of sp³-hybridized carbons (Fsp3) is 0.880. The molecular formula is C25H41N3O3. The van der Waals surface area contributed by atoms with Gasteiger partial charge < -0.3 is 15.4 Å². The molecule has 5 atom stereocenters. The number of ether oxygens (including phenoxy) is 1. The lowest BCUT2D eigenvalue weighted by Gasteiger charge is -2.61. The highest BCUT2D eigenvalue weighted by Crippen LogP contribution is 2.64. The van der Waals surface area contributed by atoms with Gasteiger partial charge in [-0.25, -0.2) is 0 Å². The van der Waals surface area contributed by atoms with Crippen LogP contribution in [0.15, 0.2) is 0 Å². The number of nitriles is 1. The van der Waals surface area contributed by atoms with Crippen LogP contribution in [-0.4, -0.2) is 41.5 Å².